The van der Waals surface area contributed by atoms with Crippen LogP contribution < -0.4 is 4.68 Å². The van der Waals surface area contributed by atoms with Gasteiger partial charge in [0.05, 0.1) is 34.1 Å². The number of halogens is 5. The second-order valence-corrected chi connectivity index (χ2v) is 10.2. The summed E-state index contributed by atoms with van der Waals surface area (Å²) in [7, 11) is 0. The van der Waals surface area contributed by atoms with Crippen molar-refractivity contribution < 1.29 is 22.2 Å². The quantitative estimate of drug-likeness (QED) is 0.220. The van der Waals surface area contributed by atoms with E-state index in [9.17, 15) is 13.2 Å². The number of H-pyrrole nitrogens is 1. The molecular formula is C23H17ClF4N9S+. The van der Waals surface area contributed by atoms with E-state index in [0.29, 0.717) is 39.8 Å². The Labute approximate surface area is 221 Å². The number of aromatic amines is 1. The summed E-state index contributed by atoms with van der Waals surface area (Å²) in [4.78, 5) is 4.63. The van der Waals surface area contributed by atoms with Gasteiger partial charge in [0.25, 0.3) is 6.33 Å². The van der Waals surface area contributed by atoms with Gasteiger partial charge in [-0.3, -0.25) is 9.67 Å². The third-order valence-electron chi connectivity index (χ3n) is 6.21. The fraction of sp³-hybridized carbons (Fsp3) is 0.261. The lowest BCUT2D eigenvalue weighted by atomic mass is 10.0. The molecule has 1 N–H and O–H groups in total. The molecule has 0 radical (unpaired) electrons. The van der Waals surface area contributed by atoms with Crippen molar-refractivity contribution in [3.63, 3.8) is 0 Å². The van der Waals surface area contributed by atoms with E-state index in [1.165, 1.54) is 23.3 Å². The summed E-state index contributed by atoms with van der Waals surface area (Å²) in [5.74, 6) is -0.115. The van der Waals surface area contributed by atoms with Crippen LogP contribution in [-0.4, -0.2) is 40.5 Å². The Morgan fingerprint density at radius 2 is 1.97 bits per heavy atom. The lowest BCUT2D eigenvalue weighted by Gasteiger charge is -2.18. The number of benzene rings is 1. The van der Waals surface area contributed by atoms with Crippen LogP contribution in [0.3, 0.4) is 0 Å². The van der Waals surface area contributed by atoms with Gasteiger partial charge < -0.3 is 0 Å². The fourth-order valence-electron chi connectivity index (χ4n) is 4.17. The number of hydrogen-bond acceptors (Lipinski definition) is 7. The average Bonchev–Trinajstić information content (AvgIpc) is 3.32. The minimum Gasteiger partial charge on any atom is -0.263 e. The first-order valence-electron chi connectivity index (χ1n) is 11.5. The molecule has 38 heavy (non-hydrogen) atoms. The van der Waals surface area contributed by atoms with Gasteiger partial charge in [-0.25, -0.2) is 4.39 Å². The number of pyridine rings is 1. The first-order chi connectivity index (χ1) is 18.3. The molecule has 194 valence electrons. The smallest absolute Gasteiger partial charge is 0.263 e. The van der Waals surface area contributed by atoms with Crippen LogP contribution in [0.25, 0.3) is 27.4 Å². The lowest BCUT2D eigenvalue weighted by Crippen LogP contribution is -2.33. The monoisotopic (exact) mass is 562 g/mol. The Kier molecular flexibility index (Phi) is 6.14. The van der Waals surface area contributed by atoms with Gasteiger partial charge in [-0.05, 0) is 30.5 Å². The van der Waals surface area contributed by atoms with Gasteiger partial charge in [0.2, 0.25) is 5.01 Å². The molecule has 0 bridgehead atoms. The van der Waals surface area contributed by atoms with Gasteiger partial charge in [0.15, 0.2) is 16.0 Å². The largest absolute Gasteiger partial charge is 0.445 e. The summed E-state index contributed by atoms with van der Waals surface area (Å²) in [5, 5.41) is 20.5. The molecule has 5 aromatic rings. The molecule has 1 aliphatic carbocycles. The molecule has 1 unspecified atom stereocenters. The zero-order valence-electron chi connectivity index (χ0n) is 19.3. The van der Waals surface area contributed by atoms with Crippen LogP contribution in [0.2, 0.25) is 5.02 Å². The molecule has 9 nitrogen and oxygen atoms in total. The summed E-state index contributed by atoms with van der Waals surface area (Å²) in [6.45, 7) is 0. The molecule has 6 rings (SSSR count). The van der Waals surface area contributed by atoms with Crippen LogP contribution in [-0.2, 0) is 6.18 Å². The highest BCUT2D eigenvalue weighted by atomic mass is 35.5. The number of aromatic nitrogens is 9. The molecule has 1 aromatic carbocycles. The maximum atomic E-state index is 15.2. The Bertz CT molecular complexity index is 1580. The maximum absolute atomic E-state index is 15.2. The first kappa shape index (κ1) is 24.6. The minimum absolute atomic E-state index is 0.0399. The molecule has 1 aliphatic rings. The minimum atomic E-state index is -4.55. The van der Waals surface area contributed by atoms with E-state index in [-0.39, 0.29) is 21.6 Å². The Morgan fingerprint density at radius 3 is 2.63 bits per heavy atom. The van der Waals surface area contributed by atoms with Gasteiger partial charge in [-0.15, -0.1) is 14.9 Å². The van der Waals surface area contributed by atoms with Crippen LogP contribution in [0.15, 0.2) is 49.2 Å². The van der Waals surface area contributed by atoms with Crippen molar-refractivity contribution >= 4 is 22.9 Å². The molecule has 0 amide bonds. The summed E-state index contributed by atoms with van der Waals surface area (Å²) < 4.78 is 57.2. The van der Waals surface area contributed by atoms with Gasteiger partial charge in [0, 0.05) is 18.0 Å². The Morgan fingerprint density at radius 1 is 1.13 bits per heavy atom. The van der Waals surface area contributed by atoms with Gasteiger partial charge in [-0.2, -0.15) is 18.3 Å². The van der Waals surface area contributed by atoms with E-state index in [1.807, 2.05) is 0 Å². The molecule has 0 saturated heterocycles. The van der Waals surface area contributed by atoms with E-state index in [4.69, 9.17) is 11.6 Å². The second-order valence-electron chi connectivity index (χ2n) is 8.84. The summed E-state index contributed by atoms with van der Waals surface area (Å²) in [6, 6.07) is 6.36. The van der Waals surface area contributed by atoms with Crippen molar-refractivity contribution in [2.24, 2.45) is 5.92 Å². The van der Waals surface area contributed by atoms with E-state index in [2.05, 4.69) is 35.8 Å². The Hall–Kier alpha value is -3.78. The number of hydrogen-bond donors (Lipinski definition) is 1. The molecule has 1 saturated carbocycles. The normalized spacial score (nSPS) is 14.7. The average molecular weight is 563 g/mol. The predicted molar refractivity (Wildman–Crippen MR) is 128 cm³/mol. The lowest BCUT2D eigenvalue weighted by molar-refractivity contribution is -0.659. The molecule has 0 aliphatic heterocycles. The molecule has 1 atom stereocenters. The first-order valence-corrected chi connectivity index (χ1v) is 12.6. The number of tetrazole rings is 1. The third kappa shape index (κ3) is 4.76. The number of rotatable bonds is 7. The molecule has 4 heterocycles. The van der Waals surface area contributed by atoms with Crippen LogP contribution in [0, 0.1) is 11.7 Å². The fourth-order valence-corrected chi connectivity index (χ4v) is 5.01. The van der Waals surface area contributed by atoms with Gasteiger partial charge in [0.1, 0.15) is 10.8 Å². The van der Waals surface area contributed by atoms with Crippen molar-refractivity contribution in [1.82, 2.24) is 40.5 Å². The summed E-state index contributed by atoms with van der Waals surface area (Å²) in [6.07, 6.45) is 4.46. The van der Waals surface area contributed by atoms with Crippen LogP contribution >= 0.6 is 22.9 Å². The Balaban J connectivity index is 1.33. The molecular weight excluding hydrogens is 546 g/mol. The van der Waals surface area contributed by atoms with Gasteiger partial charge >= 0.3 is 6.18 Å². The van der Waals surface area contributed by atoms with Crippen molar-refractivity contribution in [1.29, 1.82) is 0 Å². The van der Waals surface area contributed by atoms with E-state index in [0.717, 1.165) is 19.3 Å². The van der Waals surface area contributed by atoms with E-state index < -0.39 is 17.0 Å². The number of nitrogens with one attached hydrogen (secondary N) is 1. The summed E-state index contributed by atoms with van der Waals surface area (Å²) >= 11 is 6.54. The van der Waals surface area contributed by atoms with Crippen LogP contribution in [0.4, 0.5) is 17.6 Å². The highest BCUT2D eigenvalue weighted by Crippen LogP contribution is 2.40. The number of alkyl halides is 3. The molecule has 4 aromatic heterocycles. The predicted octanol–water partition coefficient (Wildman–Crippen LogP) is 5.06. The summed E-state index contributed by atoms with van der Waals surface area (Å²) in [5.41, 5.74) is 2.29. The topological polar surface area (TPSA) is 102 Å². The van der Waals surface area contributed by atoms with E-state index in [1.54, 1.807) is 35.3 Å². The van der Waals surface area contributed by atoms with Crippen LogP contribution in [0.5, 0.6) is 0 Å². The molecule has 0 spiro atoms. The van der Waals surface area contributed by atoms with E-state index >= 15 is 4.39 Å². The zero-order chi connectivity index (χ0) is 26.4. The van der Waals surface area contributed by atoms with Crippen molar-refractivity contribution in [3.8, 4) is 27.4 Å². The second kappa shape index (κ2) is 9.51. The SMILES string of the molecule is Fc1c(Cl)ccc(-[n+]2cnn[nH]2)c1-c1ccc(C(CC2CC2)n2cc(-c3nnc(C(F)(F)F)s3)cn2)nc1. The number of nitrogens with zero attached hydrogens (tertiary/aromatic N) is 8. The standard InChI is InChI=1S/C23H16ClF4N9S/c24-15-4-6-17(37-11-30-34-35-37)19(20(15)25)13-3-5-16(29-8-13)18(7-12-1-2-12)36-10-14(9-31-36)21-32-33-22(38-21)23(26,27)28/h3-6,8-12,18H,1-2,7H2/p+1. The van der Waals surface area contributed by atoms with Crippen molar-refractivity contribution in [2.75, 3.05) is 0 Å². The zero-order valence-corrected chi connectivity index (χ0v) is 20.8. The maximum Gasteiger partial charge on any atom is 0.445 e. The van der Waals surface area contributed by atoms with Crippen molar-refractivity contribution in [2.45, 2.75) is 31.5 Å². The highest BCUT2D eigenvalue weighted by Gasteiger charge is 2.36. The van der Waals surface area contributed by atoms with Gasteiger partial charge in [-0.1, -0.05) is 47.1 Å². The van der Waals surface area contributed by atoms with Crippen molar-refractivity contribution in [3.05, 3.63) is 70.7 Å². The molecule has 15 heteroatoms. The third-order valence-corrected chi connectivity index (χ3v) is 7.52. The molecule has 1 fully saturated rings. The highest BCUT2D eigenvalue weighted by molar-refractivity contribution is 7.14. The van der Waals surface area contributed by atoms with Crippen LogP contribution in [0.1, 0.15) is 36.0 Å².